The van der Waals surface area contributed by atoms with Crippen LogP contribution in [-0.4, -0.2) is 15.3 Å². The SMILES string of the molecule is CCC(Br)(CC)C(=O)Nc1ccccc1O. The minimum absolute atomic E-state index is 0.0814. The number of rotatable bonds is 4. The van der Waals surface area contributed by atoms with E-state index < -0.39 is 4.32 Å². The van der Waals surface area contributed by atoms with Gasteiger partial charge in [0.15, 0.2) is 0 Å². The number of halogens is 1. The Bertz CT molecular complexity index is 375. The molecule has 0 aliphatic rings. The van der Waals surface area contributed by atoms with Crippen LogP contribution in [0.5, 0.6) is 5.75 Å². The number of alkyl halides is 1. The highest BCUT2D eigenvalue weighted by Crippen LogP contribution is 2.30. The van der Waals surface area contributed by atoms with Crippen LogP contribution in [-0.2, 0) is 4.79 Å². The zero-order valence-electron chi connectivity index (χ0n) is 9.46. The molecule has 2 N–H and O–H groups in total. The second kappa shape index (κ2) is 5.34. The van der Waals surface area contributed by atoms with Gasteiger partial charge < -0.3 is 10.4 Å². The van der Waals surface area contributed by atoms with Crippen LogP contribution in [0.25, 0.3) is 0 Å². The van der Waals surface area contributed by atoms with Crippen molar-refractivity contribution < 1.29 is 9.90 Å². The van der Waals surface area contributed by atoms with Gasteiger partial charge in [-0.15, -0.1) is 0 Å². The first-order valence-electron chi connectivity index (χ1n) is 5.32. The first-order valence-corrected chi connectivity index (χ1v) is 6.11. The molecule has 16 heavy (non-hydrogen) atoms. The molecule has 0 heterocycles. The van der Waals surface area contributed by atoms with Crippen molar-refractivity contribution in [3.8, 4) is 5.75 Å². The highest BCUT2D eigenvalue weighted by atomic mass is 79.9. The lowest BCUT2D eigenvalue weighted by Crippen LogP contribution is -2.36. The van der Waals surface area contributed by atoms with Gasteiger partial charge in [-0.1, -0.05) is 41.9 Å². The zero-order valence-corrected chi connectivity index (χ0v) is 11.0. The number of carbonyl (C=O) groups is 1. The van der Waals surface area contributed by atoms with E-state index in [1.54, 1.807) is 24.3 Å². The molecule has 1 aromatic rings. The minimum atomic E-state index is -0.560. The van der Waals surface area contributed by atoms with E-state index >= 15 is 0 Å². The average Bonchev–Trinajstić information content (AvgIpc) is 2.31. The maximum absolute atomic E-state index is 12.0. The van der Waals surface area contributed by atoms with Crippen molar-refractivity contribution in [3.63, 3.8) is 0 Å². The highest BCUT2D eigenvalue weighted by Gasteiger charge is 2.31. The molecule has 0 aliphatic heterocycles. The summed E-state index contributed by atoms with van der Waals surface area (Å²) in [6.45, 7) is 3.89. The lowest BCUT2D eigenvalue weighted by atomic mass is 10.0. The third-order valence-electron chi connectivity index (χ3n) is 2.68. The molecule has 1 amide bonds. The maximum atomic E-state index is 12.0. The Balaban J connectivity index is 2.83. The quantitative estimate of drug-likeness (QED) is 0.659. The van der Waals surface area contributed by atoms with E-state index in [0.717, 1.165) is 0 Å². The van der Waals surface area contributed by atoms with Gasteiger partial charge in [0, 0.05) is 0 Å². The van der Waals surface area contributed by atoms with Crippen LogP contribution in [0.1, 0.15) is 26.7 Å². The zero-order chi connectivity index (χ0) is 12.2. The van der Waals surface area contributed by atoms with Crippen LogP contribution in [0, 0.1) is 0 Å². The van der Waals surface area contributed by atoms with Gasteiger partial charge in [0.05, 0.1) is 5.69 Å². The van der Waals surface area contributed by atoms with E-state index in [2.05, 4.69) is 21.2 Å². The summed E-state index contributed by atoms with van der Waals surface area (Å²) in [7, 11) is 0. The minimum Gasteiger partial charge on any atom is -0.506 e. The van der Waals surface area contributed by atoms with E-state index in [9.17, 15) is 9.90 Å². The molecule has 0 unspecified atom stereocenters. The molecule has 0 fully saturated rings. The van der Waals surface area contributed by atoms with Crippen molar-refractivity contribution in [1.82, 2.24) is 0 Å². The number of benzene rings is 1. The molecule has 1 rings (SSSR count). The fourth-order valence-electron chi connectivity index (χ4n) is 1.38. The average molecular weight is 286 g/mol. The van der Waals surface area contributed by atoms with Gasteiger partial charge in [-0.05, 0) is 25.0 Å². The molecule has 0 radical (unpaired) electrons. The first kappa shape index (κ1) is 13.0. The van der Waals surface area contributed by atoms with Gasteiger partial charge >= 0.3 is 0 Å². The Morgan fingerprint density at radius 3 is 2.44 bits per heavy atom. The summed E-state index contributed by atoms with van der Waals surface area (Å²) in [6, 6.07) is 6.70. The molecular weight excluding hydrogens is 270 g/mol. The number of phenols is 1. The summed E-state index contributed by atoms with van der Waals surface area (Å²) in [5, 5.41) is 12.3. The van der Waals surface area contributed by atoms with E-state index in [0.29, 0.717) is 18.5 Å². The monoisotopic (exact) mass is 285 g/mol. The Labute approximate surface area is 104 Å². The molecule has 0 spiro atoms. The number of para-hydroxylation sites is 2. The normalized spacial score (nSPS) is 11.2. The van der Waals surface area contributed by atoms with Gasteiger partial charge in [0.25, 0.3) is 0 Å². The van der Waals surface area contributed by atoms with E-state index in [-0.39, 0.29) is 11.7 Å². The number of hydrogen-bond acceptors (Lipinski definition) is 2. The van der Waals surface area contributed by atoms with Crippen molar-refractivity contribution in [2.24, 2.45) is 0 Å². The number of amides is 1. The summed E-state index contributed by atoms with van der Waals surface area (Å²) in [6.07, 6.45) is 1.39. The van der Waals surface area contributed by atoms with E-state index in [1.165, 1.54) is 0 Å². The van der Waals surface area contributed by atoms with Crippen LogP contribution in [0.2, 0.25) is 0 Å². The van der Waals surface area contributed by atoms with Crippen LogP contribution < -0.4 is 5.32 Å². The number of anilines is 1. The largest absolute Gasteiger partial charge is 0.506 e. The summed E-state index contributed by atoms with van der Waals surface area (Å²) < 4.78 is -0.560. The Hall–Kier alpha value is -1.03. The summed E-state index contributed by atoms with van der Waals surface area (Å²) in [5.74, 6) is -0.0445. The predicted molar refractivity (Wildman–Crippen MR) is 69.0 cm³/mol. The third-order valence-corrected chi connectivity index (χ3v) is 4.16. The smallest absolute Gasteiger partial charge is 0.241 e. The van der Waals surface area contributed by atoms with E-state index in [4.69, 9.17) is 0 Å². The van der Waals surface area contributed by atoms with Gasteiger partial charge in [-0.2, -0.15) is 0 Å². The second-order valence-electron chi connectivity index (χ2n) is 3.64. The molecule has 88 valence electrons. The van der Waals surface area contributed by atoms with Gasteiger partial charge in [-0.25, -0.2) is 0 Å². The number of nitrogens with one attached hydrogen (secondary N) is 1. The van der Waals surface area contributed by atoms with E-state index in [1.807, 2.05) is 13.8 Å². The third kappa shape index (κ3) is 2.76. The van der Waals surface area contributed by atoms with Crippen LogP contribution in [0.15, 0.2) is 24.3 Å². The van der Waals surface area contributed by atoms with Gasteiger partial charge in [0.1, 0.15) is 10.1 Å². The number of carbonyl (C=O) groups excluding carboxylic acids is 1. The van der Waals surface area contributed by atoms with Crippen molar-refractivity contribution in [1.29, 1.82) is 0 Å². The van der Waals surface area contributed by atoms with Crippen molar-refractivity contribution in [2.45, 2.75) is 31.0 Å². The van der Waals surface area contributed by atoms with Crippen molar-refractivity contribution in [3.05, 3.63) is 24.3 Å². The molecule has 0 saturated heterocycles. The number of aromatic hydroxyl groups is 1. The Morgan fingerprint density at radius 2 is 1.94 bits per heavy atom. The lowest BCUT2D eigenvalue weighted by Gasteiger charge is -2.23. The number of phenolic OH excluding ortho intramolecular Hbond substituents is 1. The van der Waals surface area contributed by atoms with Crippen molar-refractivity contribution >= 4 is 27.5 Å². The van der Waals surface area contributed by atoms with Gasteiger partial charge in [-0.3, -0.25) is 4.79 Å². The topological polar surface area (TPSA) is 49.3 Å². The molecule has 0 saturated carbocycles. The molecule has 1 aromatic carbocycles. The molecule has 4 heteroatoms. The van der Waals surface area contributed by atoms with Crippen molar-refractivity contribution in [2.75, 3.05) is 5.32 Å². The first-order chi connectivity index (χ1) is 7.53. The fraction of sp³-hybridized carbons (Fsp3) is 0.417. The lowest BCUT2D eigenvalue weighted by molar-refractivity contribution is -0.118. The van der Waals surface area contributed by atoms with Crippen LogP contribution in [0.4, 0.5) is 5.69 Å². The van der Waals surface area contributed by atoms with Crippen LogP contribution >= 0.6 is 15.9 Å². The molecular formula is C12H16BrNO2. The number of hydrogen-bond donors (Lipinski definition) is 2. The van der Waals surface area contributed by atoms with Crippen LogP contribution in [0.3, 0.4) is 0 Å². The Morgan fingerprint density at radius 1 is 1.38 bits per heavy atom. The molecule has 3 nitrogen and oxygen atoms in total. The molecule has 0 aromatic heterocycles. The summed E-state index contributed by atoms with van der Waals surface area (Å²) in [4.78, 5) is 12.0. The highest BCUT2D eigenvalue weighted by molar-refractivity contribution is 9.10. The molecule has 0 aliphatic carbocycles. The molecule has 0 bridgehead atoms. The summed E-state index contributed by atoms with van der Waals surface area (Å²) >= 11 is 3.44. The maximum Gasteiger partial charge on any atom is 0.241 e. The van der Waals surface area contributed by atoms with Gasteiger partial charge in [0.2, 0.25) is 5.91 Å². The molecule has 0 atom stereocenters. The Kier molecular flexibility index (Phi) is 4.35. The second-order valence-corrected chi connectivity index (χ2v) is 5.16. The summed E-state index contributed by atoms with van der Waals surface area (Å²) in [5.41, 5.74) is 0.443. The fourth-order valence-corrected chi connectivity index (χ4v) is 1.48. The standard InChI is InChI=1S/C12H16BrNO2/c1-3-12(13,4-2)11(16)14-9-7-5-6-8-10(9)15/h5-8,15H,3-4H2,1-2H3,(H,14,16). The predicted octanol–water partition coefficient (Wildman–Crippen LogP) is 3.28.